The standard InChI is InChI=1S/C17H24N2O4/c1-12-5-2-3-6-14(12)22-10-4-7-16(20)19-11-13-8-9-15(23-13)17(18)21/h2-3,5-6,13,15H,4,7-11H2,1H3,(H2,18,21)(H,19,20)/t13-,15+/m0/s1. The largest absolute Gasteiger partial charge is 0.493 e. The number of nitrogens with two attached hydrogens (primary N) is 1. The topological polar surface area (TPSA) is 90.6 Å². The van der Waals surface area contributed by atoms with Gasteiger partial charge in [-0.3, -0.25) is 9.59 Å². The summed E-state index contributed by atoms with van der Waals surface area (Å²) >= 11 is 0. The van der Waals surface area contributed by atoms with Crippen molar-refractivity contribution in [2.45, 2.75) is 44.8 Å². The number of aryl methyl sites for hydroxylation is 1. The second kappa shape index (κ2) is 8.53. The zero-order valence-corrected chi connectivity index (χ0v) is 13.4. The summed E-state index contributed by atoms with van der Waals surface area (Å²) in [5.41, 5.74) is 6.27. The first-order valence-corrected chi connectivity index (χ1v) is 7.96. The van der Waals surface area contributed by atoms with Crippen LogP contribution in [0.1, 0.15) is 31.2 Å². The fourth-order valence-corrected chi connectivity index (χ4v) is 2.51. The van der Waals surface area contributed by atoms with Gasteiger partial charge in [-0.05, 0) is 37.8 Å². The molecule has 0 aliphatic carbocycles. The molecule has 1 heterocycles. The third-order valence-corrected chi connectivity index (χ3v) is 3.85. The minimum atomic E-state index is -0.514. The molecule has 126 valence electrons. The molecule has 0 unspecified atom stereocenters. The van der Waals surface area contributed by atoms with Gasteiger partial charge in [0.2, 0.25) is 11.8 Å². The van der Waals surface area contributed by atoms with Crippen LogP contribution >= 0.6 is 0 Å². The number of primary amides is 1. The summed E-state index contributed by atoms with van der Waals surface area (Å²) in [6.45, 7) is 2.91. The van der Waals surface area contributed by atoms with Gasteiger partial charge in [0.15, 0.2) is 0 Å². The predicted octanol–water partition coefficient (Wildman–Crippen LogP) is 1.30. The number of carbonyl (C=O) groups excluding carboxylic acids is 2. The molecule has 0 saturated carbocycles. The molecule has 6 nitrogen and oxygen atoms in total. The number of hydrogen-bond acceptors (Lipinski definition) is 4. The zero-order valence-electron chi connectivity index (χ0n) is 13.4. The van der Waals surface area contributed by atoms with Crippen LogP contribution < -0.4 is 15.8 Å². The van der Waals surface area contributed by atoms with Crippen LogP contribution in [0.5, 0.6) is 5.75 Å². The number of hydrogen-bond donors (Lipinski definition) is 2. The molecule has 3 N–H and O–H groups in total. The molecule has 0 bridgehead atoms. The number of carbonyl (C=O) groups is 2. The average molecular weight is 320 g/mol. The first-order valence-electron chi connectivity index (χ1n) is 7.96. The van der Waals surface area contributed by atoms with Crippen LogP contribution in [0.15, 0.2) is 24.3 Å². The Morgan fingerprint density at radius 3 is 2.83 bits per heavy atom. The molecule has 0 spiro atoms. The second-order valence-electron chi connectivity index (χ2n) is 5.75. The molecule has 23 heavy (non-hydrogen) atoms. The number of benzene rings is 1. The highest BCUT2D eigenvalue weighted by Crippen LogP contribution is 2.19. The van der Waals surface area contributed by atoms with Gasteiger partial charge in [0.1, 0.15) is 11.9 Å². The lowest BCUT2D eigenvalue weighted by Gasteiger charge is -2.13. The van der Waals surface area contributed by atoms with E-state index in [9.17, 15) is 9.59 Å². The Morgan fingerprint density at radius 2 is 2.13 bits per heavy atom. The van der Waals surface area contributed by atoms with E-state index in [0.29, 0.717) is 32.4 Å². The van der Waals surface area contributed by atoms with Crippen molar-refractivity contribution >= 4 is 11.8 Å². The molecular weight excluding hydrogens is 296 g/mol. The number of para-hydroxylation sites is 1. The van der Waals surface area contributed by atoms with Gasteiger partial charge in [0.05, 0.1) is 12.7 Å². The molecule has 0 radical (unpaired) electrons. The van der Waals surface area contributed by atoms with Crippen molar-refractivity contribution in [1.29, 1.82) is 0 Å². The SMILES string of the molecule is Cc1ccccc1OCCCC(=O)NC[C@@H]1CC[C@H](C(N)=O)O1. The Morgan fingerprint density at radius 1 is 1.35 bits per heavy atom. The third-order valence-electron chi connectivity index (χ3n) is 3.85. The number of ether oxygens (including phenoxy) is 2. The van der Waals surface area contributed by atoms with Gasteiger partial charge in [-0.15, -0.1) is 0 Å². The molecule has 1 aliphatic heterocycles. The molecule has 2 amide bonds. The molecule has 1 saturated heterocycles. The van der Waals surface area contributed by atoms with E-state index in [2.05, 4.69) is 5.32 Å². The average Bonchev–Trinajstić information content (AvgIpc) is 3.00. The molecule has 1 aromatic carbocycles. The third kappa shape index (κ3) is 5.56. The first kappa shape index (κ1) is 17.3. The van der Waals surface area contributed by atoms with E-state index in [1.165, 1.54) is 0 Å². The minimum Gasteiger partial charge on any atom is -0.493 e. The van der Waals surface area contributed by atoms with E-state index in [1.54, 1.807) is 0 Å². The van der Waals surface area contributed by atoms with Crippen LogP contribution in [-0.4, -0.2) is 37.2 Å². The summed E-state index contributed by atoms with van der Waals surface area (Å²) in [5, 5.41) is 2.82. The Bertz CT molecular complexity index is 547. The Labute approximate surface area is 136 Å². The highest BCUT2D eigenvalue weighted by molar-refractivity contribution is 5.79. The van der Waals surface area contributed by atoms with Crippen molar-refractivity contribution in [3.8, 4) is 5.75 Å². The van der Waals surface area contributed by atoms with E-state index in [0.717, 1.165) is 17.7 Å². The van der Waals surface area contributed by atoms with Gasteiger partial charge in [-0.25, -0.2) is 0 Å². The summed E-state index contributed by atoms with van der Waals surface area (Å²) in [7, 11) is 0. The Kier molecular flexibility index (Phi) is 6.40. The fourth-order valence-electron chi connectivity index (χ4n) is 2.51. The van der Waals surface area contributed by atoms with Gasteiger partial charge in [0.25, 0.3) is 0 Å². The lowest BCUT2D eigenvalue weighted by molar-refractivity contribution is -0.128. The van der Waals surface area contributed by atoms with E-state index < -0.39 is 12.0 Å². The van der Waals surface area contributed by atoms with Crippen molar-refractivity contribution in [3.05, 3.63) is 29.8 Å². The summed E-state index contributed by atoms with van der Waals surface area (Å²) in [6.07, 6.45) is 1.77. The van der Waals surface area contributed by atoms with Crippen LogP contribution in [0.3, 0.4) is 0 Å². The molecular formula is C17H24N2O4. The predicted molar refractivity (Wildman–Crippen MR) is 86.0 cm³/mol. The second-order valence-corrected chi connectivity index (χ2v) is 5.75. The van der Waals surface area contributed by atoms with Crippen LogP contribution in [0.4, 0.5) is 0 Å². The maximum atomic E-state index is 11.8. The molecule has 2 rings (SSSR count). The lowest BCUT2D eigenvalue weighted by Crippen LogP contribution is -2.34. The van der Waals surface area contributed by atoms with E-state index in [-0.39, 0.29) is 12.0 Å². The van der Waals surface area contributed by atoms with Crippen LogP contribution in [-0.2, 0) is 14.3 Å². The zero-order chi connectivity index (χ0) is 16.7. The van der Waals surface area contributed by atoms with Crippen molar-refractivity contribution in [2.24, 2.45) is 5.73 Å². The highest BCUT2D eigenvalue weighted by Gasteiger charge is 2.29. The Hall–Kier alpha value is -2.08. The molecule has 2 atom stereocenters. The molecule has 0 aromatic heterocycles. The van der Waals surface area contributed by atoms with Gasteiger partial charge in [0, 0.05) is 13.0 Å². The lowest BCUT2D eigenvalue weighted by atomic mass is 10.2. The molecule has 1 aliphatic rings. The highest BCUT2D eigenvalue weighted by atomic mass is 16.5. The van der Waals surface area contributed by atoms with E-state index in [4.69, 9.17) is 15.2 Å². The molecule has 1 fully saturated rings. The Balaban J connectivity index is 1.57. The van der Waals surface area contributed by atoms with Gasteiger partial charge in [-0.1, -0.05) is 18.2 Å². The maximum Gasteiger partial charge on any atom is 0.246 e. The number of nitrogens with one attached hydrogen (secondary N) is 1. The van der Waals surface area contributed by atoms with Crippen molar-refractivity contribution in [2.75, 3.05) is 13.2 Å². The van der Waals surface area contributed by atoms with Crippen LogP contribution in [0, 0.1) is 6.92 Å². The molecule has 1 aromatic rings. The summed E-state index contributed by atoms with van der Waals surface area (Å²) in [5.74, 6) is 0.376. The molecule has 6 heteroatoms. The normalized spacial score (nSPS) is 20.2. The quantitative estimate of drug-likeness (QED) is 0.707. The smallest absolute Gasteiger partial charge is 0.246 e. The van der Waals surface area contributed by atoms with Gasteiger partial charge >= 0.3 is 0 Å². The first-order chi connectivity index (χ1) is 11.1. The van der Waals surface area contributed by atoms with Crippen molar-refractivity contribution in [3.63, 3.8) is 0 Å². The summed E-state index contributed by atoms with van der Waals surface area (Å²) < 4.78 is 11.1. The van der Waals surface area contributed by atoms with Crippen LogP contribution in [0.25, 0.3) is 0 Å². The van der Waals surface area contributed by atoms with E-state index in [1.807, 2.05) is 31.2 Å². The van der Waals surface area contributed by atoms with Gasteiger partial charge < -0.3 is 20.5 Å². The van der Waals surface area contributed by atoms with Crippen LogP contribution in [0.2, 0.25) is 0 Å². The summed E-state index contributed by atoms with van der Waals surface area (Å²) in [4.78, 5) is 22.8. The maximum absolute atomic E-state index is 11.8. The van der Waals surface area contributed by atoms with Crippen molar-refractivity contribution in [1.82, 2.24) is 5.32 Å². The van der Waals surface area contributed by atoms with Gasteiger partial charge in [-0.2, -0.15) is 0 Å². The fraction of sp³-hybridized carbons (Fsp3) is 0.529. The van der Waals surface area contributed by atoms with E-state index >= 15 is 0 Å². The number of amides is 2. The number of rotatable bonds is 8. The summed E-state index contributed by atoms with van der Waals surface area (Å²) in [6, 6.07) is 7.80. The monoisotopic (exact) mass is 320 g/mol. The van der Waals surface area contributed by atoms with Crippen molar-refractivity contribution < 1.29 is 19.1 Å². The minimum absolute atomic E-state index is 0.0375.